The fraction of sp³-hybridized carbons (Fsp3) is 0.158. The van der Waals surface area contributed by atoms with Gasteiger partial charge in [0.15, 0.2) is 0 Å². The maximum atomic E-state index is 14.0. The molecule has 5 aromatic rings. The lowest BCUT2D eigenvalue weighted by Gasteiger charge is -2.31. The Morgan fingerprint density at radius 3 is 2.27 bits per heavy atom. The van der Waals surface area contributed by atoms with E-state index in [4.69, 9.17) is 44.5 Å². The number of hydrogen-bond acceptors (Lipinski definition) is 5. The predicted octanol–water partition coefficient (Wildman–Crippen LogP) is 9.47. The quantitative estimate of drug-likeness (QED) is 0.188. The molecule has 1 saturated heterocycles. The van der Waals surface area contributed by atoms with Gasteiger partial charge in [-0.1, -0.05) is 64.6 Å². The van der Waals surface area contributed by atoms with Gasteiger partial charge in [-0.2, -0.15) is 0 Å². The number of carbonyl (C=O) groups is 1. The third kappa shape index (κ3) is 7.05. The number of likely N-dealkylation sites (tertiary alicyclic amines) is 1. The van der Waals surface area contributed by atoms with Gasteiger partial charge >= 0.3 is 0 Å². The molecule has 0 atom stereocenters. The second-order valence-electron chi connectivity index (χ2n) is 11.9. The largest absolute Gasteiger partial charge is 0.456 e. The molecule has 0 saturated carbocycles. The minimum Gasteiger partial charge on any atom is -0.456 e. The van der Waals surface area contributed by atoms with Gasteiger partial charge in [-0.3, -0.25) is 14.5 Å². The van der Waals surface area contributed by atoms with Gasteiger partial charge in [-0.05, 0) is 115 Å². The lowest BCUT2D eigenvalue weighted by molar-refractivity contribution is 0.0745. The number of pyridine rings is 1. The van der Waals surface area contributed by atoms with Crippen LogP contribution in [0.15, 0.2) is 114 Å². The van der Waals surface area contributed by atoms with E-state index >= 15 is 0 Å². The molecule has 1 aromatic heterocycles. The molecule has 1 amide bonds. The number of fused-ring (bicyclic) bond motifs is 2. The second kappa shape index (κ2) is 13.9. The highest BCUT2D eigenvalue weighted by atomic mass is 35.5. The van der Waals surface area contributed by atoms with E-state index in [-0.39, 0.29) is 22.1 Å². The summed E-state index contributed by atoms with van der Waals surface area (Å²) in [4.78, 5) is 20.5. The molecule has 0 radical (unpaired) electrons. The summed E-state index contributed by atoms with van der Waals surface area (Å²) in [5.41, 5.74) is 7.14. The van der Waals surface area contributed by atoms with E-state index in [9.17, 15) is 13.2 Å². The number of aromatic nitrogens is 1. The number of amides is 1. The standard InChI is InChI=1S/C38H30Cl3N3O4S/c39-27-9-15-31-26(22-27)8-7-25-4-3-19-42-37(25)36(31)24-17-20-44(21-18-24)38(45)32-23-28(40)10-16-34(32)43-49(46,47)30-13-11-29(12-14-30)48-35-6-2-1-5-33(35)41/h1-6,9-16,19,22-23,43H,7-8,17-18,20-21H2. The van der Waals surface area contributed by atoms with Crippen molar-refractivity contribution in [2.24, 2.45) is 0 Å². The molecule has 1 N–H and O–H groups in total. The zero-order valence-electron chi connectivity index (χ0n) is 26.1. The smallest absolute Gasteiger partial charge is 0.261 e. The molecule has 248 valence electrons. The summed E-state index contributed by atoms with van der Waals surface area (Å²) in [5, 5.41) is 1.46. The van der Waals surface area contributed by atoms with Crippen molar-refractivity contribution in [3.63, 3.8) is 0 Å². The van der Waals surface area contributed by atoms with E-state index in [0.29, 0.717) is 52.5 Å². The summed E-state index contributed by atoms with van der Waals surface area (Å²) < 4.78 is 35.3. The normalized spacial score (nSPS) is 14.5. The third-order valence-electron chi connectivity index (χ3n) is 8.79. The number of carbonyl (C=O) groups excluding carboxylic acids is 1. The van der Waals surface area contributed by atoms with Gasteiger partial charge in [0.25, 0.3) is 15.9 Å². The lowest BCUT2D eigenvalue weighted by atomic mass is 9.88. The number of rotatable bonds is 6. The van der Waals surface area contributed by atoms with E-state index < -0.39 is 10.0 Å². The maximum Gasteiger partial charge on any atom is 0.261 e. The van der Waals surface area contributed by atoms with Crippen LogP contribution < -0.4 is 9.46 Å². The number of nitrogens with zero attached hydrogens (tertiary/aromatic N) is 2. The van der Waals surface area contributed by atoms with Crippen LogP contribution in [0.25, 0.3) is 5.57 Å². The van der Waals surface area contributed by atoms with Crippen molar-refractivity contribution in [1.29, 1.82) is 0 Å². The summed E-state index contributed by atoms with van der Waals surface area (Å²) in [6.45, 7) is 0.905. The first-order valence-corrected chi connectivity index (χ1v) is 18.4. The van der Waals surface area contributed by atoms with E-state index in [2.05, 4.69) is 16.9 Å². The minimum atomic E-state index is -4.07. The summed E-state index contributed by atoms with van der Waals surface area (Å²) >= 11 is 18.9. The highest BCUT2D eigenvalue weighted by Gasteiger charge is 2.29. The molecule has 1 aliphatic heterocycles. The topological polar surface area (TPSA) is 88.6 Å². The van der Waals surface area contributed by atoms with Crippen LogP contribution in [0.4, 0.5) is 5.69 Å². The van der Waals surface area contributed by atoms with Crippen LogP contribution >= 0.6 is 34.8 Å². The van der Waals surface area contributed by atoms with Gasteiger partial charge in [0.1, 0.15) is 11.5 Å². The molecule has 0 bridgehead atoms. The van der Waals surface area contributed by atoms with Gasteiger partial charge in [-0.15, -0.1) is 0 Å². The Balaban J connectivity index is 1.11. The molecule has 49 heavy (non-hydrogen) atoms. The molecule has 0 spiro atoms. The Morgan fingerprint density at radius 2 is 1.49 bits per heavy atom. The summed E-state index contributed by atoms with van der Waals surface area (Å²) in [5.74, 6) is 0.567. The van der Waals surface area contributed by atoms with Crippen LogP contribution in [-0.4, -0.2) is 37.3 Å². The van der Waals surface area contributed by atoms with Gasteiger partial charge in [0.2, 0.25) is 0 Å². The number of piperidine rings is 1. The predicted molar refractivity (Wildman–Crippen MR) is 194 cm³/mol. The number of benzene rings is 4. The molecule has 0 unspecified atom stereocenters. The monoisotopic (exact) mass is 729 g/mol. The van der Waals surface area contributed by atoms with Crippen molar-refractivity contribution in [3.05, 3.63) is 152 Å². The number of hydrogen-bond donors (Lipinski definition) is 1. The molecule has 7 rings (SSSR count). The third-order valence-corrected chi connectivity index (χ3v) is 11.0. The van der Waals surface area contributed by atoms with Crippen molar-refractivity contribution in [1.82, 2.24) is 9.88 Å². The van der Waals surface area contributed by atoms with E-state index in [1.807, 2.05) is 24.4 Å². The SMILES string of the molecule is O=C(c1cc(Cl)ccc1NS(=O)(=O)c1ccc(Oc2ccccc2Cl)cc1)N1CCC(=C2c3ccc(Cl)cc3CCc3cccnc32)CC1. The first-order chi connectivity index (χ1) is 23.7. The highest BCUT2D eigenvalue weighted by Crippen LogP contribution is 2.39. The number of nitrogens with one attached hydrogen (secondary N) is 1. The number of para-hydroxylation sites is 1. The zero-order chi connectivity index (χ0) is 34.1. The van der Waals surface area contributed by atoms with Crippen LogP contribution in [0.1, 0.15) is 45.6 Å². The molecular weight excluding hydrogens is 701 g/mol. The van der Waals surface area contributed by atoms with Crippen LogP contribution in [0, 0.1) is 0 Å². The lowest BCUT2D eigenvalue weighted by Crippen LogP contribution is -2.37. The Kier molecular flexibility index (Phi) is 9.40. The first-order valence-electron chi connectivity index (χ1n) is 15.8. The van der Waals surface area contributed by atoms with Crippen molar-refractivity contribution in [3.8, 4) is 11.5 Å². The molecule has 2 heterocycles. The fourth-order valence-electron chi connectivity index (χ4n) is 6.36. The first kappa shape index (κ1) is 33.2. The van der Waals surface area contributed by atoms with Crippen molar-refractivity contribution in [2.75, 3.05) is 17.8 Å². The Labute approximate surface area is 300 Å². The average Bonchev–Trinajstić information content (AvgIpc) is 3.26. The number of aryl methyl sites for hydroxylation is 2. The number of sulfonamides is 1. The van der Waals surface area contributed by atoms with Gasteiger partial charge in [-0.25, -0.2) is 8.42 Å². The number of halogens is 3. The van der Waals surface area contributed by atoms with Crippen molar-refractivity contribution < 1.29 is 17.9 Å². The average molecular weight is 731 g/mol. The molecule has 11 heteroatoms. The molecule has 1 fully saturated rings. The van der Waals surface area contributed by atoms with E-state index in [0.717, 1.165) is 29.7 Å². The Hall–Kier alpha value is -4.34. The van der Waals surface area contributed by atoms with Crippen LogP contribution in [-0.2, 0) is 22.9 Å². The van der Waals surface area contributed by atoms with Gasteiger partial charge in [0.05, 0.1) is 26.9 Å². The molecular formula is C38H30Cl3N3O4S. The minimum absolute atomic E-state index is 0.000423. The van der Waals surface area contributed by atoms with E-state index in [1.165, 1.54) is 41.0 Å². The van der Waals surface area contributed by atoms with Crippen LogP contribution in [0.5, 0.6) is 11.5 Å². The number of ether oxygens (including phenoxy) is 1. The molecule has 4 aromatic carbocycles. The summed E-state index contributed by atoms with van der Waals surface area (Å²) in [6, 6.07) is 27.6. The maximum absolute atomic E-state index is 14.0. The van der Waals surface area contributed by atoms with E-state index in [1.54, 1.807) is 47.4 Å². The summed E-state index contributed by atoms with van der Waals surface area (Å²) in [7, 11) is -4.07. The summed E-state index contributed by atoms with van der Waals surface area (Å²) in [6.07, 6.45) is 4.84. The molecule has 7 nitrogen and oxygen atoms in total. The zero-order valence-corrected chi connectivity index (χ0v) is 29.2. The fourth-order valence-corrected chi connectivity index (χ4v) is 7.98. The van der Waals surface area contributed by atoms with Gasteiger partial charge < -0.3 is 9.64 Å². The van der Waals surface area contributed by atoms with Crippen molar-refractivity contribution in [2.45, 2.75) is 30.6 Å². The second-order valence-corrected chi connectivity index (χ2v) is 14.8. The number of anilines is 1. The Morgan fingerprint density at radius 1 is 0.776 bits per heavy atom. The molecule has 1 aliphatic carbocycles. The van der Waals surface area contributed by atoms with Crippen LogP contribution in [0.2, 0.25) is 15.1 Å². The van der Waals surface area contributed by atoms with Crippen LogP contribution in [0.3, 0.4) is 0 Å². The highest BCUT2D eigenvalue weighted by molar-refractivity contribution is 7.92. The van der Waals surface area contributed by atoms with Crippen molar-refractivity contribution >= 4 is 62.0 Å². The Bertz CT molecular complexity index is 2210. The molecule has 2 aliphatic rings. The van der Waals surface area contributed by atoms with Gasteiger partial charge in [0, 0.05) is 34.9 Å².